The highest BCUT2D eigenvalue weighted by molar-refractivity contribution is 5.80. The van der Waals surface area contributed by atoms with Crippen molar-refractivity contribution in [3.05, 3.63) is 34.4 Å². The first-order chi connectivity index (χ1) is 26.5. The topological polar surface area (TPSA) is 148 Å². The third-order valence-corrected chi connectivity index (χ3v) is 12.5. The standard InChI is InChI=1S/C41H68N8O6/c1-7-37(55-41(53)32-14-10-30(11-15-32)39(51)43-4)36-25-33(26-44-48-20-16-46(5)17-21-48)35(24-34(36)27-45-49-22-18-47(6)19-23-49)28(2)54-40(52)31-12-8-29(9-13-31)38(50)42-3/h24-25,28-32,37,44-45H,7-23,26-27H2,1-6H3,(H,42,50)(H,43,51). The molecule has 2 atom stereocenters. The van der Waals surface area contributed by atoms with Gasteiger partial charge in [0, 0.05) is 91.4 Å². The maximum Gasteiger partial charge on any atom is 0.309 e. The Kier molecular flexibility index (Phi) is 16.3. The van der Waals surface area contributed by atoms with Crippen LogP contribution in [0.3, 0.4) is 0 Å². The van der Waals surface area contributed by atoms with Gasteiger partial charge in [-0.1, -0.05) is 19.1 Å². The molecule has 2 unspecified atom stereocenters. The number of hydrazine groups is 2. The second-order valence-corrected chi connectivity index (χ2v) is 16.2. The van der Waals surface area contributed by atoms with Crippen molar-refractivity contribution in [2.75, 3.05) is 80.5 Å². The van der Waals surface area contributed by atoms with Crippen molar-refractivity contribution in [1.82, 2.24) is 41.3 Å². The van der Waals surface area contributed by atoms with Gasteiger partial charge in [0.25, 0.3) is 0 Å². The van der Waals surface area contributed by atoms with Crippen LogP contribution in [-0.4, -0.2) is 124 Å². The molecule has 2 aliphatic carbocycles. The fourth-order valence-corrected chi connectivity index (χ4v) is 8.56. The zero-order valence-corrected chi connectivity index (χ0v) is 34.3. The van der Waals surface area contributed by atoms with E-state index in [0.29, 0.717) is 70.9 Å². The number of nitrogens with zero attached hydrogens (tertiary/aromatic N) is 4. The molecule has 0 bridgehead atoms. The van der Waals surface area contributed by atoms with Crippen LogP contribution in [-0.2, 0) is 41.7 Å². The summed E-state index contributed by atoms with van der Waals surface area (Å²) in [7, 11) is 7.60. The molecule has 4 fully saturated rings. The van der Waals surface area contributed by atoms with Gasteiger partial charge in [-0.15, -0.1) is 0 Å². The van der Waals surface area contributed by atoms with Gasteiger partial charge < -0.3 is 29.9 Å². The third kappa shape index (κ3) is 11.9. The number of carbonyl (C=O) groups excluding carboxylic acids is 4. The molecule has 2 heterocycles. The van der Waals surface area contributed by atoms with E-state index < -0.39 is 12.2 Å². The Labute approximate surface area is 328 Å². The summed E-state index contributed by atoms with van der Waals surface area (Å²) in [6, 6.07) is 4.33. The number of carbonyl (C=O) groups is 4. The third-order valence-electron chi connectivity index (χ3n) is 12.5. The van der Waals surface area contributed by atoms with E-state index in [1.807, 2.05) is 6.92 Å². The highest BCUT2D eigenvalue weighted by Gasteiger charge is 2.34. The lowest BCUT2D eigenvalue weighted by Crippen LogP contribution is -2.50. The number of hydrogen-bond acceptors (Lipinski definition) is 12. The lowest BCUT2D eigenvalue weighted by Gasteiger charge is -2.34. The molecule has 2 saturated heterocycles. The fraction of sp³-hybridized carbons (Fsp3) is 0.756. The number of esters is 2. The maximum atomic E-state index is 13.7. The number of hydrogen-bond donors (Lipinski definition) is 4. The smallest absolute Gasteiger partial charge is 0.309 e. The van der Waals surface area contributed by atoms with Gasteiger partial charge in [-0.3, -0.25) is 30.0 Å². The summed E-state index contributed by atoms with van der Waals surface area (Å²) >= 11 is 0. The molecule has 0 radical (unpaired) electrons. The van der Waals surface area contributed by atoms with Crippen molar-refractivity contribution in [3.63, 3.8) is 0 Å². The molecule has 5 rings (SSSR count). The normalized spacial score (nSPS) is 25.8. The number of nitrogens with one attached hydrogen (secondary N) is 4. The van der Waals surface area contributed by atoms with Gasteiger partial charge in [-0.2, -0.15) is 0 Å². The fourth-order valence-electron chi connectivity index (χ4n) is 8.56. The average Bonchev–Trinajstić information content (AvgIpc) is 3.21. The van der Waals surface area contributed by atoms with Crippen LogP contribution in [0.1, 0.15) is 106 Å². The Hall–Kier alpha value is -3.14. The monoisotopic (exact) mass is 769 g/mol. The zero-order chi connectivity index (χ0) is 39.5. The van der Waals surface area contributed by atoms with Crippen LogP contribution >= 0.6 is 0 Å². The summed E-state index contributed by atoms with van der Waals surface area (Å²) in [5.74, 6) is -0.904. The molecule has 4 aliphatic rings. The first-order valence-corrected chi connectivity index (χ1v) is 20.8. The van der Waals surface area contributed by atoms with Gasteiger partial charge in [-0.25, -0.2) is 10.0 Å². The van der Waals surface area contributed by atoms with Crippen molar-refractivity contribution in [3.8, 4) is 0 Å². The van der Waals surface area contributed by atoms with E-state index in [2.05, 4.69) is 74.5 Å². The van der Waals surface area contributed by atoms with E-state index >= 15 is 0 Å². The van der Waals surface area contributed by atoms with E-state index in [9.17, 15) is 19.2 Å². The molecular formula is C41H68N8O6. The molecule has 2 amide bonds. The van der Waals surface area contributed by atoms with E-state index in [1.54, 1.807) is 14.1 Å². The van der Waals surface area contributed by atoms with Gasteiger partial charge in [-0.05, 0) is 101 Å². The van der Waals surface area contributed by atoms with Crippen LogP contribution in [0.25, 0.3) is 0 Å². The Morgan fingerprint density at radius 1 is 0.618 bits per heavy atom. The van der Waals surface area contributed by atoms with Gasteiger partial charge in [0.1, 0.15) is 12.2 Å². The minimum Gasteiger partial charge on any atom is -0.458 e. The summed E-state index contributed by atoms with van der Waals surface area (Å²) in [5.41, 5.74) is 11.2. The van der Waals surface area contributed by atoms with Crippen molar-refractivity contribution in [2.45, 2.75) is 96.9 Å². The summed E-state index contributed by atoms with van der Waals surface area (Å²) in [6.07, 6.45) is 4.90. The second kappa shape index (κ2) is 20.9. The molecule has 0 aromatic heterocycles. The molecule has 14 nitrogen and oxygen atoms in total. The molecule has 14 heteroatoms. The molecule has 55 heavy (non-hydrogen) atoms. The molecule has 0 spiro atoms. The van der Waals surface area contributed by atoms with Crippen LogP contribution in [0.4, 0.5) is 0 Å². The largest absolute Gasteiger partial charge is 0.458 e. The van der Waals surface area contributed by atoms with E-state index in [0.717, 1.165) is 74.6 Å². The second-order valence-electron chi connectivity index (χ2n) is 16.2. The van der Waals surface area contributed by atoms with E-state index in [-0.39, 0.29) is 47.4 Å². The summed E-state index contributed by atoms with van der Waals surface area (Å²) in [5, 5.41) is 10.0. The minimum absolute atomic E-state index is 0.0416. The first-order valence-electron chi connectivity index (χ1n) is 20.8. The number of likely N-dealkylation sites (N-methyl/N-ethyl adjacent to an activating group) is 2. The maximum absolute atomic E-state index is 13.7. The predicted molar refractivity (Wildman–Crippen MR) is 211 cm³/mol. The molecule has 4 N–H and O–H groups in total. The van der Waals surface area contributed by atoms with Crippen LogP contribution in [0.15, 0.2) is 12.1 Å². The highest BCUT2D eigenvalue weighted by atomic mass is 16.5. The van der Waals surface area contributed by atoms with Crippen LogP contribution in [0, 0.1) is 23.7 Å². The van der Waals surface area contributed by atoms with Crippen molar-refractivity contribution < 1.29 is 28.7 Å². The molecule has 308 valence electrons. The van der Waals surface area contributed by atoms with Gasteiger partial charge in [0.05, 0.1) is 11.8 Å². The van der Waals surface area contributed by atoms with Crippen molar-refractivity contribution in [1.29, 1.82) is 0 Å². The van der Waals surface area contributed by atoms with Gasteiger partial charge >= 0.3 is 11.9 Å². The van der Waals surface area contributed by atoms with Crippen LogP contribution in [0.2, 0.25) is 0 Å². The summed E-state index contributed by atoms with van der Waals surface area (Å²) in [4.78, 5) is 56.5. The Morgan fingerprint density at radius 3 is 1.42 bits per heavy atom. The Balaban J connectivity index is 1.40. The predicted octanol–water partition coefficient (Wildman–Crippen LogP) is 2.89. The lowest BCUT2D eigenvalue weighted by atomic mass is 9.81. The number of amides is 2. The lowest BCUT2D eigenvalue weighted by molar-refractivity contribution is -0.157. The molecule has 1 aromatic carbocycles. The first kappa shape index (κ1) is 43.0. The number of piperazine rings is 2. The van der Waals surface area contributed by atoms with E-state index in [4.69, 9.17) is 9.47 Å². The van der Waals surface area contributed by atoms with E-state index in [1.165, 1.54) is 0 Å². The summed E-state index contributed by atoms with van der Waals surface area (Å²) in [6.45, 7) is 12.5. The number of ether oxygens (including phenoxy) is 2. The average molecular weight is 769 g/mol. The highest BCUT2D eigenvalue weighted by Crippen LogP contribution is 2.36. The number of benzene rings is 1. The SMILES string of the molecule is CCC(OC(=O)C1CCC(C(=O)NC)CC1)c1cc(CNN2CCN(C)CC2)c(C(C)OC(=O)C2CCC(C(=O)NC)CC2)cc1CNN1CCN(C)CC1. The zero-order valence-electron chi connectivity index (χ0n) is 34.3. The molecule has 1 aromatic rings. The van der Waals surface area contributed by atoms with Crippen LogP contribution < -0.4 is 21.5 Å². The van der Waals surface area contributed by atoms with Crippen molar-refractivity contribution in [2.24, 2.45) is 23.7 Å². The minimum atomic E-state index is -0.511. The molecular weight excluding hydrogens is 701 g/mol. The quantitative estimate of drug-likeness (QED) is 0.195. The van der Waals surface area contributed by atoms with Gasteiger partial charge in [0.2, 0.25) is 11.8 Å². The molecule has 2 aliphatic heterocycles. The van der Waals surface area contributed by atoms with Gasteiger partial charge in [0.15, 0.2) is 0 Å². The summed E-state index contributed by atoms with van der Waals surface area (Å²) < 4.78 is 12.7. The van der Waals surface area contributed by atoms with Crippen molar-refractivity contribution >= 4 is 23.8 Å². The Morgan fingerprint density at radius 2 is 1.00 bits per heavy atom. The molecule has 2 saturated carbocycles. The number of rotatable bonds is 15. The Bertz CT molecular complexity index is 1430. The van der Waals surface area contributed by atoms with Crippen LogP contribution in [0.5, 0.6) is 0 Å².